The van der Waals surface area contributed by atoms with Crippen LogP contribution in [0.3, 0.4) is 0 Å². The Morgan fingerprint density at radius 1 is 0.958 bits per heavy atom. The molecule has 0 aliphatic rings. The van der Waals surface area contributed by atoms with E-state index in [0.717, 1.165) is 24.8 Å². The molecule has 0 aliphatic heterocycles. The Morgan fingerprint density at radius 3 is 2.12 bits per heavy atom. The highest BCUT2D eigenvalue weighted by Crippen LogP contribution is 2.13. The summed E-state index contributed by atoms with van der Waals surface area (Å²) in [6, 6.07) is 8.42. The van der Waals surface area contributed by atoms with E-state index in [2.05, 4.69) is 38.1 Å². The van der Waals surface area contributed by atoms with Crippen LogP contribution >= 0.6 is 0 Å². The summed E-state index contributed by atoms with van der Waals surface area (Å²) in [6.07, 6.45) is 4.22. The normalized spacial score (nSPS) is 12.2. The molecule has 0 heterocycles. The minimum atomic E-state index is -0.559. The van der Waals surface area contributed by atoms with E-state index in [9.17, 15) is 9.59 Å². The van der Waals surface area contributed by atoms with E-state index < -0.39 is 6.10 Å². The summed E-state index contributed by atoms with van der Waals surface area (Å²) in [7, 11) is 0. The van der Waals surface area contributed by atoms with Crippen molar-refractivity contribution in [3.05, 3.63) is 35.4 Å². The first kappa shape index (κ1) is 20.4. The van der Waals surface area contributed by atoms with Crippen LogP contribution in [0.25, 0.3) is 0 Å². The van der Waals surface area contributed by atoms with Crippen LogP contribution in [0.4, 0.5) is 0 Å². The molecule has 1 unspecified atom stereocenters. The number of hydrogen-bond acceptors (Lipinski definition) is 3. The molecule has 0 bridgehead atoms. The van der Waals surface area contributed by atoms with E-state index >= 15 is 0 Å². The maximum Gasteiger partial charge on any atom is 0.306 e. The number of aryl methyl sites for hydroxylation is 1. The number of carbonyl (C=O) groups excluding carboxylic acids is 2. The molecular weight excluding hydrogens is 300 g/mol. The number of esters is 1. The fourth-order valence-corrected chi connectivity index (χ4v) is 2.73. The van der Waals surface area contributed by atoms with Gasteiger partial charge in [-0.1, -0.05) is 58.4 Å². The fraction of sp³-hybridized carbons (Fsp3) is 0.619. The molecule has 0 radical (unpaired) electrons. The van der Waals surface area contributed by atoms with Crippen molar-refractivity contribution in [1.29, 1.82) is 0 Å². The van der Waals surface area contributed by atoms with Gasteiger partial charge in [-0.3, -0.25) is 9.59 Å². The lowest BCUT2D eigenvalue weighted by Crippen LogP contribution is -2.27. The monoisotopic (exact) mass is 332 g/mol. The van der Waals surface area contributed by atoms with Crippen LogP contribution in [0.2, 0.25) is 0 Å². The predicted molar refractivity (Wildman–Crippen MR) is 98.0 cm³/mol. The summed E-state index contributed by atoms with van der Waals surface area (Å²) >= 11 is 0. The van der Waals surface area contributed by atoms with Gasteiger partial charge >= 0.3 is 5.97 Å². The second-order valence-corrected chi connectivity index (χ2v) is 6.90. The number of Topliss-reactive ketones (excluding diaryl/α,β-unsaturated/α-hetero) is 1. The quantitative estimate of drug-likeness (QED) is 0.541. The Labute approximate surface area is 146 Å². The van der Waals surface area contributed by atoms with E-state index in [1.807, 2.05) is 13.8 Å². The van der Waals surface area contributed by atoms with Crippen molar-refractivity contribution < 1.29 is 14.3 Å². The zero-order chi connectivity index (χ0) is 17.9. The minimum absolute atomic E-state index is 0.0470. The summed E-state index contributed by atoms with van der Waals surface area (Å²) in [5.74, 6) is 0.414. The third-order valence-corrected chi connectivity index (χ3v) is 3.96. The van der Waals surface area contributed by atoms with Crippen molar-refractivity contribution in [1.82, 2.24) is 0 Å². The van der Waals surface area contributed by atoms with E-state index in [1.165, 1.54) is 5.56 Å². The maximum atomic E-state index is 12.0. The summed E-state index contributed by atoms with van der Waals surface area (Å²) in [4.78, 5) is 24.0. The van der Waals surface area contributed by atoms with E-state index in [1.54, 1.807) is 0 Å². The predicted octanol–water partition coefficient (Wildman–Crippen LogP) is 4.90. The zero-order valence-corrected chi connectivity index (χ0v) is 15.6. The van der Waals surface area contributed by atoms with Gasteiger partial charge in [0, 0.05) is 12.8 Å². The molecule has 24 heavy (non-hydrogen) atoms. The van der Waals surface area contributed by atoms with Crippen LogP contribution in [-0.4, -0.2) is 17.9 Å². The van der Waals surface area contributed by atoms with Crippen LogP contribution in [0, 0.1) is 5.92 Å². The van der Waals surface area contributed by atoms with Gasteiger partial charge in [0.2, 0.25) is 0 Å². The second-order valence-electron chi connectivity index (χ2n) is 6.90. The number of carbonyl (C=O) groups is 2. The first-order chi connectivity index (χ1) is 11.5. The van der Waals surface area contributed by atoms with Gasteiger partial charge in [0.25, 0.3) is 0 Å². The summed E-state index contributed by atoms with van der Waals surface area (Å²) in [5.41, 5.74) is 2.45. The SMILES string of the molecule is CCCC(=O)C(CCC)OC(=O)CCc1ccc(CC(C)C)cc1. The molecule has 0 amide bonds. The van der Waals surface area contributed by atoms with Gasteiger partial charge in [-0.05, 0) is 42.7 Å². The molecule has 0 saturated carbocycles. The largest absolute Gasteiger partial charge is 0.454 e. The average Bonchev–Trinajstić information content (AvgIpc) is 2.53. The molecule has 0 saturated heterocycles. The van der Waals surface area contributed by atoms with Crippen LogP contribution in [-0.2, 0) is 27.2 Å². The van der Waals surface area contributed by atoms with Crippen LogP contribution in [0.5, 0.6) is 0 Å². The third-order valence-electron chi connectivity index (χ3n) is 3.96. The Hall–Kier alpha value is -1.64. The molecule has 1 aromatic rings. The van der Waals surface area contributed by atoms with Gasteiger partial charge in [0.1, 0.15) is 0 Å². The lowest BCUT2D eigenvalue weighted by molar-refractivity contribution is -0.155. The van der Waals surface area contributed by atoms with Crippen LogP contribution in [0.15, 0.2) is 24.3 Å². The van der Waals surface area contributed by atoms with Gasteiger partial charge in [-0.2, -0.15) is 0 Å². The highest BCUT2D eigenvalue weighted by atomic mass is 16.5. The number of ketones is 1. The Bertz CT molecular complexity index is 502. The lowest BCUT2D eigenvalue weighted by atomic mass is 10.0. The van der Waals surface area contributed by atoms with Gasteiger partial charge in [0.15, 0.2) is 11.9 Å². The summed E-state index contributed by atoms with van der Waals surface area (Å²) in [5, 5.41) is 0. The van der Waals surface area contributed by atoms with Crippen molar-refractivity contribution in [2.24, 2.45) is 5.92 Å². The maximum absolute atomic E-state index is 12.0. The molecule has 0 spiro atoms. The summed E-state index contributed by atoms with van der Waals surface area (Å²) in [6.45, 7) is 8.37. The first-order valence-electron chi connectivity index (χ1n) is 9.26. The smallest absolute Gasteiger partial charge is 0.306 e. The Kier molecular flexibility index (Phi) is 9.36. The highest BCUT2D eigenvalue weighted by molar-refractivity contribution is 5.85. The van der Waals surface area contributed by atoms with Crippen molar-refractivity contribution in [2.45, 2.75) is 78.7 Å². The van der Waals surface area contributed by atoms with E-state index in [0.29, 0.717) is 31.6 Å². The number of rotatable bonds is 11. The zero-order valence-electron chi connectivity index (χ0n) is 15.6. The van der Waals surface area contributed by atoms with Crippen molar-refractivity contribution in [3.8, 4) is 0 Å². The van der Waals surface area contributed by atoms with Crippen LogP contribution < -0.4 is 0 Å². The summed E-state index contributed by atoms with van der Waals surface area (Å²) < 4.78 is 5.41. The number of ether oxygens (including phenoxy) is 1. The molecule has 1 atom stereocenters. The van der Waals surface area contributed by atoms with Gasteiger partial charge in [-0.25, -0.2) is 0 Å². The third kappa shape index (κ3) is 7.76. The molecule has 0 aliphatic carbocycles. The molecule has 0 fully saturated rings. The fourth-order valence-electron chi connectivity index (χ4n) is 2.73. The number of benzene rings is 1. The van der Waals surface area contributed by atoms with Crippen molar-refractivity contribution in [2.75, 3.05) is 0 Å². The van der Waals surface area contributed by atoms with Crippen molar-refractivity contribution >= 4 is 11.8 Å². The molecule has 3 nitrogen and oxygen atoms in total. The van der Waals surface area contributed by atoms with Gasteiger partial charge in [0.05, 0.1) is 0 Å². The standard InChI is InChI=1S/C21H32O3/c1-5-7-19(22)20(8-6-2)24-21(23)14-13-17-9-11-18(12-10-17)15-16(3)4/h9-12,16,20H,5-8,13-15H2,1-4H3. The second kappa shape index (κ2) is 11.0. The molecule has 1 rings (SSSR count). The molecule has 3 heteroatoms. The van der Waals surface area contributed by atoms with E-state index in [-0.39, 0.29) is 11.8 Å². The van der Waals surface area contributed by atoms with Crippen molar-refractivity contribution in [3.63, 3.8) is 0 Å². The topological polar surface area (TPSA) is 43.4 Å². The first-order valence-corrected chi connectivity index (χ1v) is 9.26. The number of hydrogen-bond donors (Lipinski definition) is 0. The highest BCUT2D eigenvalue weighted by Gasteiger charge is 2.20. The Balaban J connectivity index is 2.47. The molecule has 0 N–H and O–H groups in total. The molecule has 1 aromatic carbocycles. The minimum Gasteiger partial charge on any atom is -0.454 e. The van der Waals surface area contributed by atoms with E-state index in [4.69, 9.17) is 4.74 Å². The molecule has 0 aromatic heterocycles. The molecule has 134 valence electrons. The van der Waals surface area contributed by atoms with Gasteiger partial charge < -0.3 is 4.74 Å². The van der Waals surface area contributed by atoms with Gasteiger partial charge in [-0.15, -0.1) is 0 Å². The lowest BCUT2D eigenvalue weighted by Gasteiger charge is -2.16. The van der Waals surface area contributed by atoms with Crippen LogP contribution in [0.1, 0.15) is 70.9 Å². The Morgan fingerprint density at radius 2 is 1.58 bits per heavy atom. The molecular formula is C21H32O3. The average molecular weight is 332 g/mol.